The third-order valence-corrected chi connectivity index (χ3v) is 1.81. The number of non-ortho nitro benzene ring substituents is 1. The molecule has 0 fully saturated rings. The molecule has 0 saturated carbocycles. The van der Waals surface area contributed by atoms with Gasteiger partial charge >= 0.3 is 0 Å². The Morgan fingerprint density at radius 1 is 1.47 bits per heavy atom. The Labute approximate surface area is 86.4 Å². The Morgan fingerprint density at radius 3 is 2.80 bits per heavy atom. The second-order valence-electron chi connectivity index (χ2n) is 2.88. The predicted octanol–water partition coefficient (Wildman–Crippen LogP) is 1.78. The summed E-state index contributed by atoms with van der Waals surface area (Å²) in [6.45, 7) is 0. The van der Waals surface area contributed by atoms with Crippen molar-refractivity contribution in [3.05, 3.63) is 40.0 Å². The summed E-state index contributed by atoms with van der Waals surface area (Å²) in [4.78, 5) is 20.1. The van der Waals surface area contributed by atoms with E-state index in [1.54, 1.807) is 12.2 Å². The highest BCUT2D eigenvalue weighted by atomic mass is 16.6. The molecule has 0 heterocycles. The summed E-state index contributed by atoms with van der Waals surface area (Å²) in [6, 6.07) is 4.18. The fourth-order valence-electron chi connectivity index (χ4n) is 1.07. The van der Waals surface area contributed by atoms with Gasteiger partial charge in [0.1, 0.15) is 6.29 Å². The SMILES string of the molecule is Nc1ccc([N+](=O)[O-])cc1C=CCC=O. The Bertz CT molecular complexity index is 413. The first-order valence-corrected chi connectivity index (χ1v) is 4.29. The van der Waals surface area contributed by atoms with Crippen LogP contribution in [0.15, 0.2) is 24.3 Å². The van der Waals surface area contributed by atoms with Crippen LogP contribution in [-0.4, -0.2) is 11.2 Å². The molecule has 0 amide bonds. The first-order valence-electron chi connectivity index (χ1n) is 4.29. The van der Waals surface area contributed by atoms with Crippen molar-refractivity contribution in [2.75, 3.05) is 5.73 Å². The monoisotopic (exact) mass is 206 g/mol. The number of carbonyl (C=O) groups is 1. The summed E-state index contributed by atoms with van der Waals surface area (Å²) in [5, 5.41) is 10.5. The lowest BCUT2D eigenvalue weighted by atomic mass is 10.1. The van der Waals surface area contributed by atoms with Gasteiger partial charge < -0.3 is 10.5 Å². The molecule has 0 radical (unpaired) electrons. The highest BCUT2D eigenvalue weighted by Gasteiger charge is 2.06. The normalized spacial score (nSPS) is 10.4. The minimum absolute atomic E-state index is 0.0186. The largest absolute Gasteiger partial charge is 0.398 e. The third kappa shape index (κ3) is 2.91. The van der Waals surface area contributed by atoms with E-state index in [0.29, 0.717) is 11.3 Å². The Balaban J connectivity index is 3.00. The molecule has 5 heteroatoms. The van der Waals surface area contributed by atoms with E-state index < -0.39 is 4.92 Å². The van der Waals surface area contributed by atoms with Gasteiger partial charge in [-0.3, -0.25) is 10.1 Å². The predicted molar refractivity (Wildman–Crippen MR) is 57.2 cm³/mol. The van der Waals surface area contributed by atoms with Gasteiger partial charge in [-0.2, -0.15) is 0 Å². The number of carbonyl (C=O) groups excluding carboxylic acids is 1. The standard InChI is InChI=1S/C10H10N2O3/c11-10-5-4-9(12(14)15)7-8(10)3-1-2-6-13/h1,3-7H,2,11H2. The molecule has 0 atom stereocenters. The highest BCUT2D eigenvalue weighted by molar-refractivity contribution is 5.68. The lowest BCUT2D eigenvalue weighted by Crippen LogP contribution is -1.93. The van der Waals surface area contributed by atoms with E-state index in [-0.39, 0.29) is 12.1 Å². The first kappa shape index (κ1) is 10.9. The van der Waals surface area contributed by atoms with Gasteiger partial charge in [-0.1, -0.05) is 12.2 Å². The fraction of sp³-hybridized carbons (Fsp3) is 0.100. The Morgan fingerprint density at radius 2 is 2.20 bits per heavy atom. The first-order chi connectivity index (χ1) is 7.15. The second kappa shape index (κ2) is 4.90. The molecule has 1 aromatic rings. The van der Waals surface area contributed by atoms with Crippen molar-refractivity contribution in [1.82, 2.24) is 0 Å². The van der Waals surface area contributed by atoms with Gasteiger partial charge in [-0.05, 0) is 6.07 Å². The maximum atomic E-state index is 10.5. The summed E-state index contributed by atoms with van der Waals surface area (Å²) in [5.74, 6) is 0. The molecule has 0 aliphatic rings. The molecular formula is C10H10N2O3. The van der Waals surface area contributed by atoms with Crippen LogP contribution in [-0.2, 0) is 4.79 Å². The highest BCUT2D eigenvalue weighted by Crippen LogP contribution is 2.20. The van der Waals surface area contributed by atoms with Crippen LogP contribution in [0.1, 0.15) is 12.0 Å². The van der Waals surface area contributed by atoms with Crippen molar-refractivity contribution in [2.24, 2.45) is 0 Å². The van der Waals surface area contributed by atoms with Gasteiger partial charge in [0.05, 0.1) is 4.92 Å². The zero-order valence-electron chi connectivity index (χ0n) is 7.92. The number of nitrogen functional groups attached to an aromatic ring is 1. The number of hydrogen-bond donors (Lipinski definition) is 1. The molecule has 0 saturated heterocycles. The maximum absolute atomic E-state index is 10.5. The van der Waals surface area contributed by atoms with Crippen molar-refractivity contribution in [2.45, 2.75) is 6.42 Å². The lowest BCUT2D eigenvalue weighted by Gasteiger charge is -1.99. The van der Waals surface area contributed by atoms with E-state index in [4.69, 9.17) is 5.73 Å². The molecule has 0 aromatic heterocycles. The van der Waals surface area contributed by atoms with Crippen molar-refractivity contribution in [3.63, 3.8) is 0 Å². The molecule has 78 valence electrons. The van der Waals surface area contributed by atoms with Gasteiger partial charge in [-0.15, -0.1) is 0 Å². The average molecular weight is 206 g/mol. The van der Waals surface area contributed by atoms with Crippen molar-refractivity contribution >= 4 is 23.7 Å². The van der Waals surface area contributed by atoms with Gasteiger partial charge in [0.25, 0.3) is 5.69 Å². The van der Waals surface area contributed by atoms with Crippen LogP contribution in [0.4, 0.5) is 11.4 Å². The third-order valence-electron chi connectivity index (χ3n) is 1.81. The molecule has 1 rings (SSSR count). The summed E-state index contributed by atoms with van der Waals surface area (Å²) >= 11 is 0. The molecule has 1 aromatic carbocycles. The smallest absolute Gasteiger partial charge is 0.270 e. The average Bonchev–Trinajstić information content (AvgIpc) is 2.20. The maximum Gasteiger partial charge on any atom is 0.270 e. The van der Waals surface area contributed by atoms with Crippen LogP contribution >= 0.6 is 0 Å². The van der Waals surface area contributed by atoms with Crippen molar-refractivity contribution in [1.29, 1.82) is 0 Å². The van der Waals surface area contributed by atoms with Crippen LogP contribution < -0.4 is 5.73 Å². The Hall–Kier alpha value is -2.17. The molecule has 0 spiro atoms. The molecule has 0 aliphatic heterocycles. The summed E-state index contributed by atoms with van der Waals surface area (Å²) in [7, 11) is 0. The number of benzene rings is 1. The number of hydrogen-bond acceptors (Lipinski definition) is 4. The van der Waals surface area contributed by atoms with Gasteiger partial charge in [0, 0.05) is 29.8 Å². The number of aldehydes is 1. The van der Waals surface area contributed by atoms with Crippen LogP contribution in [0.25, 0.3) is 6.08 Å². The molecule has 0 aliphatic carbocycles. The molecule has 15 heavy (non-hydrogen) atoms. The topological polar surface area (TPSA) is 86.2 Å². The van der Waals surface area contributed by atoms with Gasteiger partial charge in [0.2, 0.25) is 0 Å². The van der Waals surface area contributed by atoms with Crippen LogP contribution in [0.2, 0.25) is 0 Å². The quantitative estimate of drug-likeness (QED) is 0.352. The number of allylic oxidation sites excluding steroid dienone is 1. The van der Waals surface area contributed by atoms with Crippen molar-refractivity contribution < 1.29 is 9.72 Å². The number of anilines is 1. The fourth-order valence-corrected chi connectivity index (χ4v) is 1.07. The molecule has 0 unspecified atom stereocenters. The van der Waals surface area contributed by atoms with Crippen LogP contribution in [0.5, 0.6) is 0 Å². The van der Waals surface area contributed by atoms with E-state index in [1.165, 1.54) is 18.2 Å². The zero-order valence-corrected chi connectivity index (χ0v) is 7.92. The van der Waals surface area contributed by atoms with Crippen molar-refractivity contribution in [3.8, 4) is 0 Å². The van der Waals surface area contributed by atoms with E-state index in [2.05, 4.69) is 0 Å². The second-order valence-corrected chi connectivity index (χ2v) is 2.88. The molecule has 2 N–H and O–H groups in total. The molecular weight excluding hydrogens is 196 g/mol. The number of rotatable bonds is 4. The van der Waals surface area contributed by atoms with E-state index in [9.17, 15) is 14.9 Å². The molecule has 0 bridgehead atoms. The zero-order chi connectivity index (χ0) is 11.3. The Kier molecular flexibility index (Phi) is 3.56. The number of nitrogens with zero attached hydrogens (tertiary/aromatic N) is 1. The lowest BCUT2D eigenvalue weighted by molar-refractivity contribution is -0.384. The minimum Gasteiger partial charge on any atom is -0.398 e. The minimum atomic E-state index is -0.490. The molecule has 5 nitrogen and oxygen atoms in total. The summed E-state index contributed by atoms with van der Waals surface area (Å²) in [5.41, 5.74) is 6.59. The van der Waals surface area contributed by atoms with Gasteiger partial charge in [-0.25, -0.2) is 0 Å². The van der Waals surface area contributed by atoms with E-state index in [0.717, 1.165) is 6.29 Å². The van der Waals surface area contributed by atoms with Gasteiger partial charge in [0.15, 0.2) is 0 Å². The number of nitrogens with two attached hydrogens (primary N) is 1. The van der Waals surface area contributed by atoms with Crippen LogP contribution in [0, 0.1) is 10.1 Å². The van der Waals surface area contributed by atoms with Crippen LogP contribution in [0.3, 0.4) is 0 Å². The van der Waals surface area contributed by atoms with E-state index >= 15 is 0 Å². The van der Waals surface area contributed by atoms with E-state index in [1.807, 2.05) is 0 Å². The number of nitro groups is 1. The number of nitro benzene ring substituents is 1. The summed E-state index contributed by atoms with van der Waals surface area (Å²) < 4.78 is 0. The summed E-state index contributed by atoms with van der Waals surface area (Å²) in [6.07, 6.45) is 4.20.